The zero-order chi connectivity index (χ0) is 12.3. The van der Waals surface area contributed by atoms with E-state index in [1.165, 1.54) is 0 Å². The average Bonchev–Trinajstić information content (AvgIpc) is 2.66. The normalized spacial score (nSPS) is 10.6. The van der Waals surface area contributed by atoms with Crippen LogP contribution in [0.25, 0.3) is 11.0 Å². The minimum absolute atomic E-state index is 0.632. The largest absolute Gasteiger partial charge is 0.315 e. The summed E-state index contributed by atoms with van der Waals surface area (Å²) in [4.78, 5) is 4.58. The molecule has 2 aromatic rings. The topological polar surface area (TPSA) is 17.8 Å². The summed E-state index contributed by atoms with van der Waals surface area (Å²) >= 11 is 7.38. The Morgan fingerprint density at radius 2 is 2.24 bits per heavy atom. The lowest BCUT2D eigenvalue weighted by Gasteiger charge is -2.04. The number of hydrogen-bond acceptors (Lipinski definition) is 2. The molecule has 0 unspecified atom stereocenters. The van der Waals surface area contributed by atoms with E-state index in [-0.39, 0.29) is 0 Å². The minimum atomic E-state index is 0.632. The van der Waals surface area contributed by atoms with Gasteiger partial charge in [0.15, 0.2) is 5.16 Å². The van der Waals surface area contributed by atoms with Gasteiger partial charge in [-0.05, 0) is 12.1 Å². The molecule has 0 bridgehead atoms. The summed E-state index contributed by atoms with van der Waals surface area (Å²) in [6.07, 6.45) is 1.87. The van der Waals surface area contributed by atoms with Crippen molar-refractivity contribution in [1.82, 2.24) is 9.55 Å². The summed E-state index contributed by atoms with van der Waals surface area (Å²) in [5.74, 6) is 0.669. The molecule has 1 aromatic heterocycles. The molecule has 0 aliphatic rings. The van der Waals surface area contributed by atoms with Gasteiger partial charge in [0.1, 0.15) is 0 Å². The summed E-state index contributed by atoms with van der Waals surface area (Å²) in [7, 11) is 0. The Kier molecular flexibility index (Phi) is 3.92. The Morgan fingerprint density at radius 3 is 2.94 bits per heavy atom. The van der Waals surface area contributed by atoms with E-state index in [1.54, 1.807) is 11.8 Å². The third-order valence-corrected chi connectivity index (χ3v) is 3.64. The van der Waals surface area contributed by atoms with Crippen LogP contribution in [0.3, 0.4) is 0 Å². The molecule has 1 aromatic carbocycles. The van der Waals surface area contributed by atoms with Crippen molar-refractivity contribution in [3.63, 3.8) is 0 Å². The summed E-state index contributed by atoms with van der Waals surface area (Å²) in [5.41, 5.74) is 2.12. The Bertz CT molecular complexity index is 560. The predicted molar refractivity (Wildman–Crippen MR) is 75.6 cm³/mol. The predicted octanol–water partition coefficient (Wildman–Crippen LogP) is 4.07. The van der Waals surface area contributed by atoms with Crippen LogP contribution in [0.1, 0.15) is 0 Å². The summed E-state index contributed by atoms with van der Waals surface area (Å²) < 4.78 is 2.13. The number of para-hydroxylation sites is 2. The number of benzene rings is 1. The van der Waals surface area contributed by atoms with E-state index in [9.17, 15) is 0 Å². The Hall–Kier alpha value is -1.19. The minimum Gasteiger partial charge on any atom is -0.315 e. The molecular weight excluding hydrogens is 252 g/mol. The van der Waals surface area contributed by atoms with Gasteiger partial charge in [-0.2, -0.15) is 0 Å². The third-order valence-electron chi connectivity index (χ3n) is 2.29. The van der Waals surface area contributed by atoms with Crippen molar-refractivity contribution in [1.29, 1.82) is 0 Å². The van der Waals surface area contributed by atoms with E-state index >= 15 is 0 Å². The summed E-state index contributed by atoms with van der Waals surface area (Å²) in [6.45, 7) is 8.21. The van der Waals surface area contributed by atoms with Gasteiger partial charge in [0.2, 0.25) is 0 Å². The van der Waals surface area contributed by atoms with Crippen molar-refractivity contribution in [3.05, 3.63) is 48.5 Å². The molecule has 0 aliphatic heterocycles. The maximum atomic E-state index is 5.78. The molecule has 0 saturated heterocycles. The lowest BCUT2D eigenvalue weighted by molar-refractivity contribution is 0.749. The first-order valence-corrected chi connectivity index (χ1v) is 6.61. The van der Waals surface area contributed by atoms with Gasteiger partial charge in [-0.1, -0.05) is 48.2 Å². The van der Waals surface area contributed by atoms with Crippen molar-refractivity contribution >= 4 is 34.4 Å². The van der Waals surface area contributed by atoms with Crippen LogP contribution < -0.4 is 0 Å². The SMILES string of the molecule is C=CCn1c(SCC(=C)Cl)nc2ccccc21. The monoisotopic (exact) mass is 264 g/mol. The van der Waals surface area contributed by atoms with Gasteiger partial charge in [0.05, 0.1) is 11.0 Å². The van der Waals surface area contributed by atoms with E-state index in [1.807, 2.05) is 24.3 Å². The maximum absolute atomic E-state index is 5.78. The van der Waals surface area contributed by atoms with Crippen LogP contribution in [0.5, 0.6) is 0 Å². The van der Waals surface area contributed by atoms with Crippen molar-refractivity contribution in [3.8, 4) is 0 Å². The number of nitrogens with zero attached hydrogens (tertiary/aromatic N) is 2. The first-order chi connectivity index (χ1) is 8.22. The Labute approximate surface area is 110 Å². The second-order valence-corrected chi connectivity index (χ2v) is 5.07. The maximum Gasteiger partial charge on any atom is 0.169 e. The van der Waals surface area contributed by atoms with E-state index in [0.717, 1.165) is 22.7 Å². The number of aromatic nitrogens is 2. The molecule has 1 heterocycles. The average molecular weight is 265 g/mol. The molecule has 4 heteroatoms. The van der Waals surface area contributed by atoms with Crippen molar-refractivity contribution in [2.45, 2.75) is 11.7 Å². The molecule has 0 spiro atoms. The fraction of sp³-hybridized carbons (Fsp3) is 0.154. The highest BCUT2D eigenvalue weighted by molar-refractivity contribution is 7.99. The van der Waals surface area contributed by atoms with Gasteiger partial charge in [0.25, 0.3) is 0 Å². The van der Waals surface area contributed by atoms with E-state index in [2.05, 4.69) is 28.8 Å². The molecule has 88 valence electrons. The van der Waals surface area contributed by atoms with Crippen LogP contribution in [-0.4, -0.2) is 15.3 Å². The fourth-order valence-electron chi connectivity index (χ4n) is 1.61. The number of hydrogen-bond donors (Lipinski definition) is 0. The molecule has 0 atom stereocenters. The van der Waals surface area contributed by atoms with E-state index in [0.29, 0.717) is 10.8 Å². The molecule has 2 rings (SSSR count). The number of fused-ring (bicyclic) bond motifs is 1. The van der Waals surface area contributed by atoms with Gasteiger partial charge >= 0.3 is 0 Å². The molecular formula is C13H13ClN2S. The first kappa shape index (κ1) is 12.3. The highest BCUT2D eigenvalue weighted by Gasteiger charge is 2.09. The van der Waals surface area contributed by atoms with Gasteiger partial charge in [-0.3, -0.25) is 0 Å². The standard InChI is InChI=1S/C13H13ClN2S/c1-3-8-16-12-7-5-4-6-11(12)15-13(16)17-9-10(2)14/h3-7H,1-2,8-9H2. The number of halogens is 1. The molecule has 17 heavy (non-hydrogen) atoms. The van der Waals surface area contributed by atoms with Crippen molar-refractivity contribution < 1.29 is 0 Å². The van der Waals surface area contributed by atoms with Crippen LogP contribution in [0.2, 0.25) is 0 Å². The third kappa shape index (κ3) is 2.73. The second kappa shape index (κ2) is 5.43. The van der Waals surface area contributed by atoms with E-state index < -0.39 is 0 Å². The van der Waals surface area contributed by atoms with E-state index in [4.69, 9.17) is 11.6 Å². The molecule has 0 radical (unpaired) electrons. The van der Waals surface area contributed by atoms with Crippen LogP contribution in [-0.2, 0) is 6.54 Å². The zero-order valence-electron chi connectivity index (χ0n) is 9.40. The van der Waals surface area contributed by atoms with Crippen LogP contribution in [0.4, 0.5) is 0 Å². The zero-order valence-corrected chi connectivity index (χ0v) is 11.0. The fourth-order valence-corrected chi connectivity index (χ4v) is 2.55. The van der Waals surface area contributed by atoms with Gasteiger partial charge < -0.3 is 4.57 Å². The molecule has 0 aliphatic carbocycles. The van der Waals surface area contributed by atoms with Crippen LogP contribution in [0, 0.1) is 0 Å². The number of thioether (sulfide) groups is 1. The highest BCUT2D eigenvalue weighted by Crippen LogP contribution is 2.25. The van der Waals surface area contributed by atoms with Crippen LogP contribution in [0.15, 0.2) is 53.7 Å². The summed E-state index contributed by atoms with van der Waals surface area (Å²) in [5, 5.41) is 1.58. The molecule has 0 fully saturated rings. The summed E-state index contributed by atoms with van der Waals surface area (Å²) in [6, 6.07) is 8.07. The Balaban J connectivity index is 2.41. The van der Waals surface area contributed by atoms with Crippen LogP contribution >= 0.6 is 23.4 Å². The quantitative estimate of drug-likeness (QED) is 0.599. The highest BCUT2D eigenvalue weighted by atomic mass is 35.5. The van der Waals surface area contributed by atoms with Gasteiger partial charge in [-0.25, -0.2) is 4.98 Å². The Morgan fingerprint density at radius 1 is 1.47 bits per heavy atom. The van der Waals surface area contributed by atoms with Crippen molar-refractivity contribution in [2.75, 3.05) is 5.75 Å². The molecule has 0 amide bonds. The van der Waals surface area contributed by atoms with Gasteiger partial charge in [0, 0.05) is 17.3 Å². The number of imidazole rings is 1. The smallest absolute Gasteiger partial charge is 0.169 e. The molecule has 0 saturated carbocycles. The number of allylic oxidation sites excluding steroid dienone is 1. The molecule has 2 nitrogen and oxygen atoms in total. The first-order valence-electron chi connectivity index (χ1n) is 5.24. The van der Waals surface area contributed by atoms with Gasteiger partial charge in [-0.15, -0.1) is 6.58 Å². The van der Waals surface area contributed by atoms with Crippen molar-refractivity contribution in [2.24, 2.45) is 0 Å². The lowest BCUT2D eigenvalue weighted by atomic mass is 10.3. The molecule has 0 N–H and O–H groups in total. The lowest BCUT2D eigenvalue weighted by Crippen LogP contribution is -1.97. The number of rotatable bonds is 5. The second-order valence-electron chi connectivity index (χ2n) is 3.59.